The van der Waals surface area contributed by atoms with Gasteiger partial charge in [0, 0.05) is 0 Å². The quantitative estimate of drug-likeness (QED) is 0.227. The van der Waals surface area contributed by atoms with Crippen molar-refractivity contribution in [3.05, 3.63) is 71.8 Å². The van der Waals surface area contributed by atoms with Gasteiger partial charge in [-0.1, -0.05) is 88.1 Å². The molecule has 2 unspecified atom stereocenters. The Labute approximate surface area is 188 Å². The van der Waals surface area contributed by atoms with E-state index in [1.54, 1.807) is 33.4 Å². The second kappa shape index (κ2) is 13.1. The van der Waals surface area contributed by atoms with E-state index in [-0.39, 0.29) is 17.0 Å². The number of rotatable bonds is 9. The molecule has 0 saturated heterocycles. The maximum absolute atomic E-state index is 14.6. The maximum atomic E-state index is 14.6. The second-order valence-electron chi connectivity index (χ2n) is 7.43. The Morgan fingerprint density at radius 3 is 1.94 bits per heavy atom. The molecule has 174 valence electrons. The number of alkyl halides is 3. The highest BCUT2D eigenvalue weighted by molar-refractivity contribution is 7.00. The van der Waals surface area contributed by atoms with Gasteiger partial charge >= 0.3 is 18.1 Å². The number of carbonyl (C=O) groups excluding carboxylic acids is 2. The molecule has 0 aromatic heterocycles. The number of ether oxygens (including phenoxy) is 1. The lowest BCUT2D eigenvalue weighted by molar-refractivity contribution is -0.210. The summed E-state index contributed by atoms with van der Waals surface area (Å²) >= 11 is 0. The average Bonchev–Trinajstić information content (AvgIpc) is 2.81. The second-order valence-corrected chi connectivity index (χ2v) is 7.43. The zero-order valence-electron chi connectivity index (χ0n) is 18.2. The molecule has 2 atom stereocenters. The molecule has 0 bridgehead atoms. The first kappa shape index (κ1) is 27.5. The molecule has 0 aliphatic heterocycles. The van der Waals surface area contributed by atoms with Crippen molar-refractivity contribution in [3.63, 3.8) is 0 Å². The van der Waals surface area contributed by atoms with Crippen LogP contribution in [0.4, 0.5) is 13.2 Å². The number of halogens is 3. The number of carbonyl (C=O) groups is 2. The molecule has 0 spiro atoms. The molecule has 2 aromatic carbocycles. The van der Waals surface area contributed by atoms with E-state index < -0.39 is 30.0 Å². The molecule has 8 heteroatoms. The summed E-state index contributed by atoms with van der Waals surface area (Å²) in [5.41, 5.74) is -3.10. The minimum atomic E-state index is -4.93. The van der Waals surface area contributed by atoms with Crippen LogP contribution >= 0.6 is 9.12 Å². The fourth-order valence-electron chi connectivity index (χ4n) is 3.62. The molecular formula is C24H28F3O4P. The third-order valence-electron chi connectivity index (χ3n) is 5.43. The topological polar surface area (TPSA) is 60.4 Å². The summed E-state index contributed by atoms with van der Waals surface area (Å²) in [5.74, 6) is -3.01. The van der Waals surface area contributed by atoms with Gasteiger partial charge in [-0.05, 0) is 30.0 Å². The van der Waals surface area contributed by atoms with Crippen molar-refractivity contribution in [1.29, 1.82) is 0 Å². The predicted octanol–water partition coefficient (Wildman–Crippen LogP) is 6.95. The van der Waals surface area contributed by atoms with Crippen molar-refractivity contribution >= 4 is 21.1 Å². The Hall–Kier alpha value is -2.53. The molecule has 0 N–H and O–H groups in total. The van der Waals surface area contributed by atoms with E-state index in [1.807, 2.05) is 13.8 Å². The molecule has 2 aromatic rings. The maximum Gasteiger partial charge on any atom is 0.408 e. The Morgan fingerprint density at radius 2 is 1.47 bits per heavy atom. The number of esters is 2. The molecule has 0 aliphatic carbocycles. The van der Waals surface area contributed by atoms with Gasteiger partial charge in [0.25, 0.3) is 0 Å². The standard InChI is InChI=1S/C24H27F3O3.HOP/c1-3-5-12-18(4-2)17-23(24(25,26)27,20-15-10-7-11-16-20)22(29)30-21(28)19-13-8-6-9-14-19;1-2/h6-11,13-16,18H,3-5,12,17H2,1-2H3;2H. The lowest BCUT2D eigenvalue weighted by Crippen LogP contribution is -2.52. The van der Waals surface area contributed by atoms with Gasteiger partial charge in [-0.3, -0.25) is 9.36 Å². The Morgan fingerprint density at radius 1 is 0.938 bits per heavy atom. The van der Waals surface area contributed by atoms with Crippen LogP contribution < -0.4 is 0 Å². The monoisotopic (exact) mass is 468 g/mol. The van der Waals surface area contributed by atoms with Gasteiger partial charge in [-0.15, -0.1) is 0 Å². The van der Waals surface area contributed by atoms with E-state index in [9.17, 15) is 22.8 Å². The Kier molecular flexibility index (Phi) is 11.3. The van der Waals surface area contributed by atoms with E-state index in [0.29, 0.717) is 12.8 Å². The van der Waals surface area contributed by atoms with E-state index >= 15 is 0 Å². The minimum Gasteiger partial charge on any atom is -0.389 e. The largest absolute Gasteiger partial charge is 0.408 e. The summed E-state index contributed by atoms with van der Waals surface area (Å²) in [6.07, 6.45) is -2.72. The van der Waals surface area contributed by atoms with E-state index in [2.05, 4.69) is 0 Å². The first-order valence-corrected chi connectivity index (χ1v) is 10.8. The van der Waals surface area contributed by atoms with Crippen LogP contribution in [-0.4, -0.2) is 18.1 Å². The van der Waals surface area contributed by atoms with Crippen molar-refractivity contribution in [2.45, 2.75) is 57.5 Å². The minimum absolute atomic E-state index is 0.0213. The number of unbranched alkanes of at least 4 members (excludes halogenated alkanes) is 1. The highest BCUT2D eigenvalue weighted by Gasteiger charge is 2.63. The van der Waals surface area contributed by atoms with E-state index in [1.165, 1.54) is 36.4 Å². The van der Waals surface area contributed by atoms with Gasteiger partial charge in [0.05, 0.1) is 5.56 Å². The number of benzene rings is 2. The molecular weight excluding hydrogens is 440 g/mol. The van der Waals surface area contributed by atoms with Crippen LogP contribution in [0.1, 0.15) is 61.9 Å². The highest BCUT2D eigenvalue weighted by Crippen LogP contribution is 2.48. The molecule has 4 nitrogen and oxygen atoms in total. The van der Waals surface area contributed by atoms with E-state index in [4.69, 9.17) is 9.30 Å². The van der Waals surface area contributed by atoms with Crippen molar-refractivity contribution in [2.24, 2.45) is 5.92 Å². The van der Waals surface area contributed by atoms with Crippen molar-refractivity contribution in [2.75, 3.05) is 0 Å². The van der Waals surface area contributed by atoms with Crippen LogP contribution in [-0.2, 0) is 19.5 Å². The Balaban J connectivity index is 0.00000249. The van der Waals surface area contributed by atoms with Gasteiger partial charge in [0.15, 0.2) is 5.41 Å². The van der Waals surface area contributed by atoms with Crippen LogP contribution in [0, 0.1) is 5.92 Å². The Bertz CT molecular complexity index is 843. The predicted molar refractivity (Wildman–Crippen MR) is 118 cm³/mol. The summed E-state index contributed by atoms with van der Waals surface area (Å²) < 4.78 is 56.6. The molecule has 0 amide bonds. The highest BCUT2D eigenvalue weighted by atomic mass is 31.0. The normalized spacial score (nSPS) is 13.8. The summed E-state index contributed by atoms with van der Waals surface area (Å²) in [5, 5.41) is 0. The molecule has 0 saturated carbocycles. The first-order valence-electron chi connectivity index (χ1n) is 10.4. The number of hydrogen-bond donors (Lipinski definition) is 0. The molecule has 32 heavy (non-hydrogen) atoms. The lowest BCUT2D eigenvalue weighted by atomic mass is 9.71. The van der Waals surface area contributed by atoms with Gasteiger partial charge < -0.3 is 4.74 Å². The lowest BCUT2D eigenvalue weighted by Gasteiger charge is -2.36. The van der Waals surface area contributed by atoms with Crippen molar-refractivity contribution < 1.29 is 32.1 Å². The average molecular weight is 468 g/mol. The zero-order valence-corrected chi connectivity index (χ0v) is 19.2. The molecule has 2 rings (SSSR count). The summed E-state index contributed by atoms with van der Waals surface area (Å²) in [7, 11) is 1.72. The van der Waals surface area contributed by atoms with Crippen LogP contribution in [0.3, 0.4) is 0 Å². The SMILES string of the molecule is CCCCC(CC)CC(C(=O)OC(=O)c1ccccc1)(c1ccccc1)C(F)(F)F.O=P. The fourth-order valence-corrected chi connectivity index (χ4v) is 3.62. The van der Waals surface area contributed by atoms with Crippen molar-refractivity contribution in [3.8, 4) is 0 Å². The molecule has 0 fully saturated rings. The van der Waals surface area contributed by atoms with Crippen LogP contribution in [0.5, 0.6) is 0 Å². The molecule has 0 heterocycles. The fraction of sp³-hybridized carbons (Fsp3) is 0.417. The molecule has 0 aliphatic rings. The van der Waals surface area contributed by atoms with Crippen LogP contribution in [0.15, 0.2) is 60.7 Å². The van der Waals surface area contributed by atoms with Gasteiger partial charge in [-0.2, -0.15) is 13.2 Å². The van der Waals surface area contributed by atoms with Gasteiger partial charge in [0.1, 0.15) is 9.12 Å². The van der Waals surface area contributed by atoms with Crippen molar-refractivity contribution in [1.82, 2.24) is 0 Å². The summed E-state index contributed by atoms with van der Waals surface area (Å²) in [4.78, 5) is 25.4. The number of hydrogen-bond acceptors (Lipinski definition) is 4. The van der Waals surface area contributed by atoms with Crippen LogP contribution in [0.2, 0.25) is 0 Å². The summed E-state index contributed by atoms with van der Waals surface area (Å²) in [6.45, 7) is 3.78. The van der Waals surface area contributed by atoms with Gasteiger partial charge in [-0.25, -0.2) is 4.79 Å². The van der Waals surface area contributed by atoms with Gasteiger partial charge in [0.2, 0.25) is 0 Å². The zero-order chi connectivity index (χ0) is 24.2. The first-order chi connectivity index (χ1) is 15.3. The van der Waals surface area contributed by atoms with E-state index in [0.717, 1.165) is 12.8 Å². The third-order valence-corrected chi connectivity index (χ3v) is 5.43. The third kappa shape index (κ3) is 6.73. The smallest absolute Gasteiger partial charge is 0.389 e. The summed E-state index contributed by atoms with van der Waals surface area (Å²) in [6, 6.07) is 14.6. The van der Waals surface area contributed by atoms with Crippen LogP contribution in [0.25, 0.3) is 0 Å². The molecule has 0 radical (unpaired) electrons.